The fraction of sp³-hybridized carbons (Fsp3) is 0.533. The first-order chi connectivity index (χ1) is 9.69. The van der Waals surface area contributed by atoms with Crippen LogP contribution in [0.5, 0.6) is 0 Å². The molecule has 2 N–H and O–H groups in total. The molecule has 1 aromatic rings. The minimum absolute atomic E-state index is 0.0497. The van der Waals surface area contributed by atoms with Crippen molar-refractivity contribution in [3.05, 3.63) is 35.4 Å². The average molecular weight is 277 g/mol. The normalized spacial score (nSPS) is 16.4. The zero-order chi connectivity index (χ0) is 14.4. The van der Waals surface area contributed by atoms with Crippen LogP contribution in [0.25, 0.3) is 0 Å². The summed E-state index contributed by atoms with van der Waals surface area (Å²) >= 11 is 0. The summed E-state index contributed by atoms with van der Waals surface area (Å²) in [5, 5.41) is 12.3. The van der Waals surface area contributed by atoms with Crippen molar-refractivity contribution in [1.29, 1.82) is 0 Å². The summed E-state index contributed by atoms with van der Waals surface area (Å²) in [6.07, 6.45) is 0. The number of hydrogen-bond acceptors (Lipinski definition) is 4. The smallest absolute Gasteiger partial charge is 0.236 e. The monoisotopic (exact) mass is 277 g/mol. The summed E-state index contributed by atoms with van der Waals surface area (Å²) in [6, 6.07) is 7.75. The average Bonchev–Trinajstić information content (AvgIpc) is 2.48. The molecule has 110 valence electrons. The van der Waals surface area contributed by atoms with E-state index in [0.717, 1.165) is 37.3 Å². The van der Waals surface area contributed by atoms with Crippen molar-refractivity contribution in [1.82, 2.24) is 15.1 Å². The van der Waals surface area contributed by atoms with Gasteiger partial charge in [0.25, 0.3) is 0 Å². The Hall–Kier alpha value is -1.43. The number of hydrogen-bond donors (Lipinski definition) is 2. The van der Waals surface area contributed by atoms with Crippen molar-refractivity contribution < 1.29 is 9.90 Å². The largest absolute Gasteiger partial charge is 0.392 e. The lowest BCUT2D eigenvalue weighted by molar-refractivity contribution is -0.131. The number of aliphatic hydroxyl groups is 1. The molecule has 1 heterocycles. The van der Waals surface area contributed by atoms with Crippen molar-refractivity contribution in [3.8, 4) is 0 Å². The Morgan fingerprint density at radius 3 is 2.65 bits per heavy atom. The number of likely N-dealkylation sites (N-methyl/N-ethyl adjacent to an activating group) is 1. The number of carbonyl (C=O) groups excluding carboxylic acids is 1. The third-order valence-corrected chi connectivity index (χ3v) is 3.64. The molecule has 20 heavy (non-hydrogen) atoms. The van der Waals surface area contributed by atoms with Gasteiger partial charge in [0.2, 0.25) is 5.91 Å². The molecule has 0 atom stereocenters. The molecular formula is C15H23N3O2. The molecule has 0 aliphatic carbocycles. The van der Waals surface area contributed by atoms with Crippen molar-refractivity contribution in [2.24, 2.45) is 0 Å². The van der Waals surface area contributed by atoms with E-state index in [0.29, 0.717) is 13.1 Å². The number of aliphatic hydroxyl groups excluding tert-OH is 1. The van der Waals surface area contributed by atoms with Crippen molar-refractivity contribution in [3.63, 3.8) is 0 Å². The zero-order valence-corrected chi connectivity index (χ0v) is 12.0. The highest BCUT2D eigenvalue weighted by Gasteiger charge is 2.18. The predicted molar refractivity (Wildman–Crippen MR) is 78.1 cm³/mol. The van der Waals surface area contributed by atoms with Crippen molar-refractivity contribution >= 4 is 5.91 Å². The van der Waals surface area contributed by atoms with E-state index in [1.807, 2.05) is 29.2 Å². The standard InChI is InChI=1S/C15H23N3O2/c1-17-5-7-18(8-6-17)15(20)11-16-10-13-3-2-4-14(9-13)12-19/h2-4,9,16,19H,5-8,10-12H2,1H3. The van der Waals surface area contributed by atoms with Gasteiger partial charge in [0.05, 0.1) is 13.2 Å². The number of rotatable bonds is 5. The van der Waals surface area contributed by atoms with Gasteiger partial charge in [-0.05, 0) is 18.2 Å². The molecule has 0 saturated carbocycles. The second-order valence-corrected chi connectivity index (χ2v) is 5.27. The number of nitrogens with zero attached hydrogens (tertiary/aromatic N) is 2. The number of benzene rings is 1. The number of nitrogens with one attached hydrogen (secondary N) is 1. The molecular weight excluding hydrogens is 254 g/mol. The fourth-order valence-electron chi connectivity index (χ4n) is 2.32. The number of amides is 1. The lowest BCUT2D eigenvalue weighted by Gasteiger charge is -2.32. The maximum absolute atomic E-state index is 12.0. The maximum Gasteiger partial charge on any atom is 0.236 e. The Kier molecular flexibility index (Phi) is 5.52. The lowest BCUT2D eigenvalue weighted by atomic mass is 10.1. The minimum Gasteiger partial charge on any atom is -0.392 e. The highest BCUT2D eigenvalue weighted by atomic mass is 16.3. The van der Waals surface area contributed by atoms with Gasteiger partial charge in [-0.2, -0.15) is 0 Å². The van der Waals surface area contributed by atoms with Gasteiger partial charge in [-0.15, -0.1) is 0 Å². The Labute approximate surface area is 120 Å². The van der Waals surface area contributed by atoms with Gasteiger partial charge in [-0.25, -0.2) is 0 Å². The van der Waals surface area contributed by atoms with Crippen LogP contribution in [0.3, 0.4) is 0 Å². The molecule has 0 radical (unpaired) electrons. The summed E-state index contributed by atoms with van der Waals surface area (Å²) in [6.45, 7) is 4.59. The van der Waals surface area contributed by atoms with E-state index in [9.17, 15) is 4.79 Å². The molecule has 1 fully saturated rings. The van der Waals surface area contributed by atoms with Gasteiger partial charge in [-0.1, -0.05) is 24.3 Å². The van der Waals surface area contributed by atoms with Gasteiger partial charge in [0.15, 0.2) is 0 Å². The van der Waals surface area contributed by atoms with E-state index >= 15 is 0 Å². The van der Waals surface area contributed by atoms with Gasteiger partial charge in [-0.3, -0.25) is 4.79 Å². The van der Waals surface area contributed by atoms with E-state index in [1.54, 1.807) is 0 Å². The Balaban J connectivity index is 1.73. The predicted octanol–water partition coefficient (Wildman–Crippen LogP) is 0.0425. The molecule has 5 heteroatoms. The van der Waals surface area contributed by atoms with Crippen LogP contribution in [-0.4, -0.2) is 60.6 Å². The first-order valence-electron chi connectivity index (χ1n) is 7.05. The van der Waals surface area contributed by atoms with E-state index in [4.69, 9.17) is 5.11 Å². The Morgan fingerprint density at radius 1 is 1.25 bits per heavy atom. The first-order valence-corrected chi connectivity index (χ1v) is 7.05. The first kappa shape index (κ1) is 15.0. The lowest BCUT2D eigenvalue weighted by Crippen LogP contribution is -2.49. The van der Waals surface area contributed by atoms with Gasteiger partial charge in [0.1, 0.15) is 0 Å². The molecule has 2 rings (SSSR count). The van der Waals surface area contributed by atoms with Crippen molar-refractivity contribution in [2.75, 3.05) is 39.8 Å². The molecule has 1 aliphatic heterocycles. The third kappa shape index (κ3) is 4.30. The van der Waals surface area contributed by atoms with Crippen molar-refractivity contribution in [2.45, 2.75) is 13.2 Å². The molecule has 0 unspecified atom stereocenters. The SMILES string of the molecule is CN1CCN(C(=O)CNCc2cccc(CO)c2)CC1. The van der Waals surface area contributed by atoms with Crippen LogP contribution in [0.2, 0.25) is 0 Å². The molecule has 5 nitrogen and oxygen atoms in total. The van der Waals surface area contributed by atoms with E-state index < -0.39 is 0 Å². The minimum atomic E-state index is 0.0497. The fourth-order valence-corrected chi connectivity index (χ4v) is 2.32. The van der Waals surface area contributed by atoms with E-state index in [-0.39, 0.29) is 12.5 Å². The number of piperazine rings is 1. The summed E-state index contributed by atoms with van der Waals surface area (Å²) in [5.74, 6) is 0.163. The Bertz CT molecular complexity index is 442. The maximum atomic E-state index is 12.0. The summed E-state index contributed by atoms with van der Waals surface area (Å²) in [4.78, 5) is 16.2. The highest BCUT2D eigenvalue weighted by Crippen LogP contribution is 2.05. The van der Waals surface area contributed by atoms with Gasteiger partial charge < -0.3 is 20.2 Å². The van der Waals surface area contributed by atoms with Gasteiger partial charge >= 0.3 is 0 Å². The molecule has 0 bridgehead atoms. The van der Waals surface area contributed by atoms with Crippen LogP contribution in [0, 0.1) is 0 Å². The third-order valence-electron chi connectivity index (χ3n) is 3.64. The highest BCUT2D eigenvalue weighted by molar-refractivity contribution is 5.78. The second kappa shape index (κ2) is 7.38. The molecule has 0 aromatic heterocycles. The molecule has 1 aromatic carbocycles. The van der Waals surface area contributed by atoms with Crippen LogP contribution in [0.4, 0.5) is 0 Å². The van der Waals surface area contributed by atoms with E-state index in [2.05, 4.69) is 17.3 Å². The summed E-state index contributed by atoms with van der Waals surface area (Å²) in [7, 11) is 2.08. The topological polar surface area (TPSA) is 55.8 Å². The van der Waals surface area contributed by atoms with E-state index in [1.165, 1.54) is 0 Å². The summed E-state index contributed by atoms with van der Waals surface area (Å²) in [5.41, 5.74) is 1.98. The molecule has 1 aliphatic rings. The van der Waals surface area contributed by atoms with Crippen LogP contribution in [0.1, 0.15) is 11.1 Å². The molecule has 0 spiro atoms. The Morgan fingerprint density at radius 2 is 1.95 bits per heavy atom. The molecule has 1 amide bonds. The molecule has 1 saturated heterocycles. The summed E-state index contributed by atoms with van der Waals surface area (Å²) < 4.78 is 0. The number of carbonyl (C=O) groups is 1. The second-order valence-electron chi connectivity index (χ2n) is 5.27. The van der Waals surface area contributed by atoms with Crippen LogP contribution in [-0.2, 0) is 17.9 Å². The zero-order valence-electron chi connectivity index (χ0n) is 12.0. The van der Waals surface area contributed by atoms with Crippen LogP contribution >= 0.6 is 0 Å². The van der Waals surface area contributed by atoms with Crippen LogP contribution < -0.4 is 5.32 Å². The van der Waals surface area contributed by atoms with Crippen LogP contribution in [0.15, 0.2) is 24.3 Å². The quantitative estimate of drug-likeness (QED) is 0.798. The van der Waals surface area contributed by atoms with Gasteiger partial charge in [0, 0.05) is 32.7 Å².